The highest BCUT2D eigenvalue weighted by atomic mass is 16.2. The molecule has 5 heteroatoms. The van der Waals surface area contributed by atoms with E-state index in [9.17, 15) is 9.59 Å². The Labute approximate surface area is 180 Å². The average Bonchev–Trinajstić information content (AvgIpc) is 2.67. The van der Waals surface area contributed by atoms with Crippen LogP contribution in [0.3, 0.4) is 0 Å². The van der Waals surface area contributed by atoms with Crippen molar-refractivity contribution in [1.82, 2.24) is 4.90 Å². The molecule has 1 aliphatic heterocycles. The quantitative estimate of drug-likeness (QED) is 0.685. The summed E-state index contributed by atoms with van der Waals surface area (Å²) in [5.41, 5.74) is 3.53. The maximum absolute atomic E-state index is 13.4. The Balaban J connectivity index is 1.86. The maximum Gasteiger partial charge on any atom is 0.325 e. The summed E-state index contributed by atoms with van der Waals surface area (Å²) in [5, 5.41) is 3.05. The van der Waals surface area contributed by atoms with Crippen molar-refractivity contribution in [1.29, 1.82) is 0 Å². The number of amides is 3. The first-order chi connectivity index (χ1) is 14.2. The number of benzene rings is 2. The molecule has 3 amide bonds. The third kappa shape index (κ3) is 5.21. The van der Waals surface area contributed by atoms with Crippen LogP contribution in [0.2, 0.25) is 0 Å². The Morgan fingerprint density at radius 3 is 2.47 bits per heavy atom. The molecule has 3 rings (SSSR count). The summed E-state index contributed by atoms with van der Waals surface area (Å²) in [6.45, 7) is 11.6. The number of aryl methyl sites for hydroxylation is 1. The largest absolute Gasteiger partial charge is 0.325 e. The van der Waals surface area contributed by atoms with Crippen molar-refractivity contribution in [3.63, 3.8) is 0 Å². The van der Waals surface area contributed by atoms with Gasteiger partial charge in [0.2, 0.25) is 5.91 Å². The fraction of sp³-hybridized carbons (Fsp3) is 0.440. The standard InChI is InChI=1S/C25H33N3O2/c1-18-12-13-22(21(16-18)26-23(29)17-25(3,4)5)28-15-9-14-27(24(28)30)19(2)20-10-7-6-8-11-20/h6-8,10-13,16,19H,9,14-15,17H2,1-5H3,(H,26,29)/t19-/m0/s1. The van der Waals surface area contributed by atoms with E-state index in [1.807, 2.05) is 69.0 Å². The molecule has 1 heterocycles. The maximum atomic E-state index is 13.4. The van der Waals surface area contributed by atoms with Crippen LogP contribution < -0.4 is 10.2 Å². The lowest BCUT2D eigenvalue weighted by atomic mass is 9.92. The van der Waals surface area contributed by atoms with E-state index in [-0.39, 0.29) is 23.4 Å². The van der Waals surface area contributed by atoms with Crippen molar-refractivity contribution >= 4 is 23.3 Å². The van der Waals surface area contributed by atoms with Gasteiger partial charge in [-0.3, -0.25) is 9.69 Å². The Hall–Kier alpha value is -2.82. The highest BCUT2D eigenvalue weighted by Gasteiger charge is 2.32. The molecule has 2 aromatic carbocycles. The number of hydrogen-bond acceptors (Lipinski definition) is 2. The third-order valence-corrected chi connectivity index (χ3v) is 5.41. The van der Waals surface area contributed by atoms with Crippen molar-refractivity contribution in [2.75, 3.05) is 23.3 Å². The fourth-order valence-electron chi connectivity index (χ4n) is 3.90. The zero-order valence-electron chi connectivity index (χ0n) is 18.7. The van der Waals surface area contributed by atoms with Crippen LogP contribution in [0.25, 0.3) is 0 Å². The van der Waals surface area contributed by atoms with Gasteiger partial charge in [0.15, 0.2) is 0 Å². The molecule has 1 N–H and O–H groups in total. The van der Waals surface area contributed by atoms with Gasteiger partial charge in [-0.25, -0.2) is 4.79 Å². The molecular weight excluding hydrogens is 374 g/mol. The molecule has 1 fully saturated rings. The van der Waals surface area contributed by atoms with E-state index in [0.29, 0.717) is 18.7 Å². The summed E-state index contributed by atoms with van der Waals surface area (Å²) >= 11 is 0. The molecule has 0 saturated carbocycles. The SMILES string of the molecule is Cc1ccc(N2CCCN([C@@H](C)c3ccccc3)C2=O)c(NC(=O)CC(C)(C)C)c1. The van der Waals surface area contributed by atoms with Crippen molar-refractivity contribution in [3.05, 3.63) is 59.7 Å². The minimum atomic E-state index is -0.100. The van der Waals surface area contributed by atoms with Gasteiger partial charge < -0.3 is 10.2 Å². The van der Waals surface area contributed by atoms with Gasteiger partial charge in [-0.1, -0.05) is 57.2 Å². The number of rotatable bonds is 5. The molecule has 0 aromatic heterocycles. The zero-order chi connectivity index (χ0) is 21.9. The van der Waals surface area contributed by atoms with E-state index >= 15 is 0 Å². The molecule has 1 saturated heterocycles. The number of anilines is 2. The zero-order valence-corrected chi connectivity index (χ0v) is 18.7. The number of nitrogens with one attached hydrogen (secondary N) is 1. The average molecular weight is 408 g/mol. The lowest BCUT2D eigenvalue weighted by Gasteiger charge is -2.39. The molecule has 5 nitrogen and oxygen atoms in total. The van der Waals surface area contributed by atoms with Gasteiger partial charge in [-0.2, -0.15) is 0 Å². The van der Waals surface area contributed by atoms with Crippen LogP contribution in [0.15, 0.2) is 48.5 Å². The summed E-state index contributed by atoms with van der Waals surface area (Å²) in [4.78, 5) is 29.7. The Morgan fingerprint density at radius 1 is 1.10 bits per heavy atom. The number of nitrogens with zero attached hydrogens (tertiary/aromatic N) is 2. The molecule has 160 valence electrons. The van der Waals surface area contributed by atoms with Crippen molar-refractivity contribution in [2.24, 2.45) is 5.41 Å². The van der Waals surface area contributed by atoms with E-state index in [0.717, 1.165) is 29.8 Å². The van der Waals surface area contributed by atoms with E-state index in [2.05, 4.69) is 24.4 Å². The summed E-state index contributed by atoms with van der Waals surface area (Å²) in [5.74, 6) is -0.0340. The smallest absolute Gasteiger partial charge is 0.324 e. The van der Waals surface area contributed by atoms with E-state index in [4.69, 9.17) is 0 Å². The lowest BCUT2D eigenvalue weighted by Crippen LogP contribution is -2.50. The molecule has 0 radical (unpaired) electrons. The number of urea groups is 1. The van der Waals surface area contributed by atoms with Crippen LogP contribution in [0.1, 0.15) is 57.7 Å². The van der Waals surface area contributed by atoms with Crippen molar-refractivity contribution < 1.29 is 9.59 Å². The van der Waals surface area contributed by atoms with Crippen LogP contribution in [0.5, 0.6) is 0 Å². The predicted molar refractivity (Wildman–Crippen MR) is 123 cm³/mol. The molecule has 30 heavy (non-hydrogen) atoms. The molecule has 1 atom stereocenters. The monoisotopic (exact) mass is 407 g/mol. The Bertz CT molecular complexity index is 902. The van der Waals surface area contributed by atoms with E-state index in [1.165, 1.54) is 0 Å². The third-order valence-electron chi connectivity index (χ3n) is 5.41. The highest BCUT2D eigenvalue weighted by molar-refractivity contribution is 6.01. The van der Waals surface area contributed by atoms with Gasteiger partial charge >= 0.3 is 6.03 Å². The van der Waals surface area contributed by atoms with Crippen LogP contribution in [-0.2, 0) is 4.79 Å². The second-order valence-electron chi connectivity index (χ2n) is 9.37. The molecule has 0 unspecified atom stereocenters. The molecular formula is C25H33N3O2. The van der Waals surface area contributed by atoms with Gasteiger partial charge in [0.05, 0.1) is 17.4 Å². The van der Waals surface area contributed by atoms with Gasteiger partial charge in [0.25, 0.3) is 0 Å². The fourth-order valence-corrected chi connectivity index (χ4v) is 3.90. The second-order valence-corrected chi connectivity index (χ2v) is 9.37. The van der Waals surface area contributed by atoms with Crippen LogP contribution in [-0.4, -0.2) is 29.9 Å². The molecule has 0 spiro atoms. The van der Waals surface area contributed by atoms with Crippen LogP contribution in [0, 0.1) is 12.3 Å². The summed E-state index contributed by atoms with van der Waals surface area (Å²) in [6.07, 6.45) is 1.30. The van der Waals surface area contributed by atoms with Crippen molar-refractivity contribution in [3.8, 4) is 0 Å². The van der Waals surface area contributed by atoms with E-state index < -0.39 is 0 Å². The first-order valence-electron chi connectivity index (χ1n) is 10.7. The molecule has 0 aliphatic carbocycles. The van der Waals surface area contributed by atoms with Gasteiger partial charge in [0.1, 0.15) is 0 Å². The number of carbonyl (C=O) groups is 2. The Kier molecular flexibility index (Phi) is 6.49. The lowest BCUT2D eigenvalue weighted by molar-refractivity contribution is -0.117. The van der Waals surface area contributed by atoms with Gasteiger partial charge in [0, 0.05) is 19.5 Å². The normalized spacial score (nSPS) is 15.8. The summed E-state index contributed by atoms with van der Waals surface area (Å²) in [7, 11) is 0. The summed E-state index contributed by atoms with van der Waals surface area (Å²) < 4.78 is 0. The molecule has 0 bridgehead atoms. The predicted octanol–water partition coefficient (Wildman–Crippen LogP) is 5.76. The summed E-state index contributed by atoms with van der Waals surface area (Å²) in [6, 6.07) is 15.9. The van der Waals surface area contributed by atoms with E-state index in [1.54, 1.807) is 4.90 Å². The Morgan fingerprint density at radius 2 is 1.80 bits per heavy atom. The van der Waals surface area contributed by atoms with Crippen LogP contribution in [0.4, 0.5) is 16.2 Å². The molecule has 2 aromatic rings. The first-order valence-corrected chi connectivity index (χ1v) is 10.7. The van der Waals surface area contributed by atoms with Gasteiger partial charge in [-0.05, 0) is 48.9 Å². The topological polar surface area (TPSA) is 52.6 Å². The second kappa shape index (κ2) is 8.90. The minimum absolute atomic E-state index is 0.00844. The number of carbonyl (C=O) groups excluding carboxylic acids is 2. The van der Waals surface area contributed by atoms with Crippen molar-refractivity contribution in [2.45, 2.75) is 53.5 Å². The van der Waals surface area contributed by atoms with Crippen LogP contribution >= 0.6 is 0 Å². The number of hydrogen-bond donors (Lipinski definition) is 1. The van der Waals surface area contributed by atoms with Gasteiger partial charge in [-0.15, -0.1) is 0 Å². The first kappa shape index (κ1) is 21.9. The molecule has 1 aliphatic rings. The highest BCUT2D eigenvalue weighted by Crippen LogP contribution is 2.33. The minimum Gasteiger partial charge on any atom is -0.324 e.